The SMILES string of the molecule is CC1(C)c2cc(/C=C/c3ccc4c(c3)C(C)(C)c3c-4ccc4cc(N(c5ccccc5)c5ccccc5)ccc34)ccc2-c2ccc(N(c3ccc4ccccc4c3)c3cccc4ccccc34)cc21. The summed E-state index contributed by atoms with van der Waals surface area (Å²) in [4.78, 5) is 4.79. The quantitative estimate of drug-likeness (QED) is 0.140. The Kier molecular flexibility index (Phi) is 9.58. The molecule has 0 N–H and O–H groups in total. The highest BCUT2D eigenvalue weighted by molar-refractivity contribution is 6.02. The van der Waals surface area contributed by atoms with E-state index in [1.165, 1.54) is 93.6 Å². The third-order valence-electron chi connectivity index (χ3n) is 15.3. The van der Waals surface area contributed by atoms with Crippen molar-refractivity contribution in [3.05, 3.63) is 264 Å². The van der Waals surface area contributed by atoms with E-state index >= 15 is 0 Å². The van der Waals surface area contributed by atoms with Crippen LogP contribution in [0.1, 0.15) is 61.1 Å². The van der Waals surface area contributed by atoms with Crippen LogP contribution >= 0.6 is 0 Å². The molecule has 0 aliphatic heterocycles. The zero-order chi connectivity index (χ0) is 47.1. The fourth-order valence-electron chi connectivity index (χ4n) is 11.8. The van der Waals surface area contributed by atoms with Gasteiger partial charge in [-0.3, -0.25) is 0 Å². The predicted molar refractivity (Wildman–Crippen MR) is 299 cm³/mol. The molecule has 0 saturated heterocycles. The molecule has 0 aromatic heterocycles. The molecule has 11 aromatic rings. The summed E-state index contributed by atoms with van der Waals surface area (Å²) in [5, 5.41) is 7.48. The van der Waals surface area contributed by atoms with Gasteiger partial charge in [0.05, 0.1) is 5.69 Å². The first-order chi connectivity index (χ1) is 34.2. The molecule has 0 amide bonds. The van der Waals surface area contributed by atoms with E-state index in [0.29, 0.717) is 0 Å². The maximum absolute atomic E-state index is 2.45. The Morgan fingerprint density at radius 2 is 0.786 bits per heavy atom. The van der Waals surface area contributed by atoms with Gasteiger partial charge < -0.3 is 9.80 Å². The number of benzene rings is 11. The van der Waals surface area contributed by atoms with Gasteiger partial charge in [-0.25, -0.2) is 0 Å². The van der Waals surface area contributed by atoms with Crippen molar-refractivity contribution in [2.75, 3.05) is 9.80 Å². The van der Waals surface area contributed by atoms with Crippen LogP contribution < -0.4 is 9.80 Å². The molecule has 2 nitrogen and oxygen atoms in total. The molecule has 2 aliphatic rings. The van der Waals surface area contributed by atoms with E-state index in [4.69, 9.17) is 0 Å². The smallest absolute Gasteiger partial charge is 0.0540 e. The topological polar surface area (TPSA) is 6.48 Å². The van der Waals surface area contributed by atoms with Gasteiger partial charge in [0.2, 0.25) is 0 Å². The van der Waals surface area contributed by atoms with Gasteiger partial charge in [-0.1, -0.05) is 204 Å². The Bertz CT molecular complexity index is 3850. The van der Waals surface area contributed by atoms with E-state index in [1.807, 2.05) is 0 Å². The zero-order valence-corrected chi connectivity index (χ0v) is 40.0. The average Bonchev–Trinajstić information content (AvgIpc) is 3.77. The number of nitrogens with zero attached hydrogens (tertiary/aromatic N) is 2. The molecule has 0 saturated carbocycles. The number of rotatable bonds is 8. The van der Waals surface area contributed by atoms with Crippen LogP contribution in [0.2, 0.25) is 0 Å². The molecule has 0 heterocycles. The van der Waals surface area contributed by atoms with Crippen molar-refractivity contribution in [2.24, 2.45) is 0 Å². The maximum Gasteiger partial charge on any atom is 0.0540 e. The van der Waals surface area contributed by atoms with Crippen molar-refractivity contribution < 1.29 is 0 Å². The van der Waals surface area contributed by atoms with Crippen LogP contribution in [0.5, 0.6) is 0 Å². The van der Waals surface area contributed by atoms with Crippen molar-refractivity contribution in [3.8, 4) is 22.3 Å². The molecule has 0 radical (unpaired) electrons. The Morgan fingerprint density at radius 1 is 0.300 bits per heavy atom. The fourth-order valence-corrected chi connectivity index (χ4v) is 11.8. The minimum Gasteiger partial charge on any atom is -0.310 e. The third-order valence-corrected chi connectivity index (χ3v) is 15.3. The van der Waals surface area contributed by atoms with E-state index in [9.17, 15) is 0 Å². The average molecular weight is 897 g/mol. The molecular formula is C68H52N2. The van der Waals surface area contributed by atoms with Gasteiger partial charge in [0, 0.05) is 44.7 Å². The second-order valence-electron chi connectivity index (χ2n) is 20.2. The van der Waals surface area contributed by atoms with Crippen molar-refractivity contribution in [2.45, 2.75) is 38.5 Å². The van der Waals surface area contributed by atoms with E-state index < -0.39 is 0 Å². The molecule has 2 heteroatoms. The highest BCUT2D eigenvalue weighted by atomic mass is 15.1. The highest BCUT2D eigenvalue weighted by Crippen LogP contribution is 2.54. The second-order valence-corrected chi connectivity index (χ2v) is 20.2. The van der Waals surface area contributed by atoms with E-state index in [-0.39, 0.29) is 10.8 Å². The first kappa shape index (κ1) is 41.7. The lowest BCUT2D eigenvalue weighted by atomic mass is 9.79. The van der Waals surface area contributed by atoms with Gasteiger partial charge in [-0.05, 0) is 149 Å². The Labute approximate surface area is 411 Å². The summed E-state index contributed by atoms with van der Waals surface area (Å²) >= 11 is 0. The van der Waals surface area contributed by atoms with Crippen LogP contribution in [0, 0.1) is 0 Å². The lowest BCUT2D eigenvalue weighted by molar-refractivity contribution is 0.660. The summed E-state index contributed by atoms with van der Waals surface area (Å²) in [6, 6.07) is 85.0. The van der Waals surface area contributed by atoms with E-state index in [0.717, 1.165) is 28.4 Å². The van der Waals surface area contributed by atoms with E-state index in [2.05, 4.69) is 280 Å². The number of hydrogen-bond acceptors (Lipinski definition) is 2. The largest absolute Gasteiger partial charge is 0.310 e. The molecule has 11 aromatic carbocycles. The molecular weight excluding hydrogens is 845 g/mol. The molecule has 0 bridgehead atoms. The van der Waals surface area contributed by atoms with Gasteiger partial charge in [0.25, 0.3) is 0 Å². The van der Waals surface area contributed by atoms with Crippen LogP contribution in [-0.4, -0.2) is 0 Å². The van der Waals surface area contributed by atoms with Crippen LogP contribution in [0.15, 0.2) is 231 Å². The first-order valence-electron chi connectivity index (χ1n) is 24.6. The molecule has 2 aliphatic carbocycles. The van der Waals surface area contributed by atoms with Crippen molar-refractivity contribution >= 4 is 78.6 Å². The predicted octanol–water partition coefficient (Wildman–Crippen LogP) is 18.9. The summed E-state index contributed by atoms with van der Waals surface area (Å²) < 4.78 is 0. The number of fused-ring (bicyclic) bond motifs is 10. The van der Waals surface area contributed by atoms with Crippen LogP contribution in [-0.2, 0) is 10.8 Å². The zero-order valence-electron chi connectivity index (χ0n) is 40.0. The summed E-state index contributed by atoms with van der Waals surface area (Å²) in [5.74, 6) is 0. The van der Waals surface area contributed by atoms with Crippen molar-refractivity contribution in [1.82, 2.24) is 0 Å². The second kappa shape index (κ2) is 16.1. The monoisotopic (exact) mass is 896 g/mol. The standard InChI is InChI=1S/C68H52N2/c1-67(2)62-40-45(28-35-58(62)59-39-34-55(44-64(59)67)70(54-32-30-47-16-11-12-18-49(47)42-54)65-25-15-19-48-17-13-14-24-56(48)65)26-27-46-29-36-60-61-37-31-50-43-53(33-38-57(50)66(61)68(3,4)63(60)41-46)69(51-20-7-5-8-21-51)52-22-9-6-10-23-52/h5-44H,1-4H3/b27-26+. The maximum atomic E-state index is 2.45. The molecule has 0 fully saturated rings. The summed E-state index contributed by atoms with van der Waals surface area (Å²) in [5.41, 5.74) is 19.7. The minimum absolute atomic E-state index is 0.173. The summed E-state index contributed by atoms with van der Waals surface area (Å²) in [7, 11) is 0. The third kappa shape index (κ3) is 6.70. The van der Waals surface area contributed by atoms with Gasteiger partial charge >= 0.3 is 0 Å². The lowest BCUT2D eigenvalue weighted by Crippen LogP contribution is -2.17. The lowest BCUT2D eigenvalue weighted by Gasteiger charge is -2.29. The number of anilines is 6. The molecule has 0 spiro atoms. The molecule has 70 heavy (non-hydrogen) atoms. The first-order valence-corrected chi connectivity index (χ1v) is 24.6. The molecule has 0 atom stereocenters. The summed E-state index contributed by atoms with van der Waals surface area (Å²) in [6.07, 6.45) is 4.59. The van der Waals surface area contributed by atoms with Gasteiger partial charge in [-0.15, -0.1) is 0 Å². The minimum atomic E-state index is -0.202. The van der Waals surface area contributed by atoms with Crippen LogP contribution in [0.3, 0.4) is 0 Å². The summed E-state index contributed by atoms with van der Waals surface area (Å²) in [6.45, 7) is 9.57. The Hall–Kier alpha value is -8.46. The van der Waals surface area contributed by atoms with Crippen LogP contribution in [0.4, 0.5) is 34.1 Å². The van der Waals surface area contributed by atoms with Crippen LogP contribution in [0.25, 0.3) is 66.7 Å². The van der Waals surface area contributed by atoms with Crippen molar-refractivity contribution in [3.63, 3.8) is 0 Å². The van der Waals surface area contributed by atoms with Crippen molar-refractivity contribution in [1.29, 1.82) is 0 Å². The van der Waals surface area contributed by atoms with Gasteiger partial charge in [0.1, 0.15) is 0 Å². The Balaban J connectivity index is 0.812. The highest BCUT2D eigenvalue weighted by Gasteiger charge is 2.38. The Morgan fingerprint density at radius 3 is 1.50 bits per heavy atom. The molecule has 0 unspecified atom stereocenters. The van der Waals surface area contributed by atoms with E-state index in [1.54, 1.807) is 0 Å². The normalized spacial score (nSPS) is 13.9. The number of para-hydroxylation sites is 2. The molecule has 13 rings (SSSR count). The van der Waals surface area contributed by atoms with Gasteiger partial charge in [0.15, 0.2) is 0 Å². The number of hydrogen-bond donors (Lipinski definition) is 0. The molecule has 334 valence electrons. The fraction of sp³-hybridized carbons (Fsp3) is 0.0882. The van der Waals surface area contributed by atoms with Gasteiger partial charge in [-0.2, -0.15) is 0 Å².